The highest BCUT2D eigenvalue weighted by atomic mass is 16.5. The minimum atomic E-state index is -0.760. The summed E-state index contributed by atoms with van der Waals surface area (Å²) in [5.41, 5.74) is 0.769. The van der Waals surface area contributed by atoms with E-state index in [2.05, 4.69) is 6.58 Å². The van der Waals surface area contributed by atoms with Crippen LogP contribution in [0.25, 0.3) is 0 Å². The third kappa shape index (κ3) is 5.90. The highest BCUT2D eigenvalue weighted by Gasteiger charge is 2.22. The fourth-order valence-corrected chi connectivity index (χ4v) is 2.69. The van der Waals surface area contributed by atoms with Crippen molar-refractivity contribution >= 4 is 17.9 Å². The second kappa shape index (κ2) is 10.5. The standard InChI is InChI=1S/C25H20O6/c1-2-15-29-24(27)21-14-13-19(23(26)31-20-11-7-4-8-12-20)16-22(21)25(28)30-17-18-9-5-3-6-10-18/h2-14,16H,1,15,17H2. The Hall–Kier alpha value is -4.19. The molecule has 0 heterocycles. The molecule has 0 fully saturated rings. The van der Waals surface area contributed by atoms with Crippen LogP contribution in [0, 0.1) is 0 Å². The zero-order valence-electron chi connectivity index (χ0n) is 16.7. The van der Waals surface area contributed by atoms with Crippen molar-refractivity contribution in [3.63, 3.8) is 0 Å². The fourth-order valence-electron chi connectivity index (χ4n) is 2.69. The average molecular weight is 416 g/mol. The maximum absolute atomic E-state index is 12.7. The van der Waals surface area contributed by atoms with Crippen LogP contribution in [-0.4, -0.2) is 24.5 Å². The van der Waals surface area contributed by atoms with Crippen molar-refractivity contribution in [3.05, 3.63) is 114 Å². The first-order chi connectivity index (χ1) is 15.1. The fraction of sp³-hybridized carbons (Fsp3) is 0.0800. The molecule has 0 aliphatic rings. The molecule has 0 aliphatic heterocycles. The van der Waals surface area contributed by atoms with Gasteiger partial charge in [0.05, 0.1) is 16.7 Å². The topological polar surface area (TPSA) is 78.9 Å². The summed E-state index contributed by atoms with van der Waals surface area (Å²) < 4.78 is 15.7. The van der Waals surface area contributed by atoms with Gasteiger partial charge in [-0.05, 0) is 35.9 Å². The molecule has 6 heteroatoms. The summed E-state index contributed by atoms with van der Waals surface area (Å²) in [6.45, 7) is 3.49. The lowest BCUT2D eigenvalue weighted by Gasteiger charge is -2.11. The van der Waals surface area contributed by atoms with Crippen molar-refractivity contribution in [2.45, 2.75) is 6.61 Å². The Morgan fingerprint density at radius 3 is 2.06 bits per heavy atom. The summed E-state index contributed by atoms with van der Waals surface area (Å²) in [6, 6.07) is 21.6. The van der Waals surface area contributed by atoms with E-state index < -0.39 is 17.9 Å². The number of carbonyl (C=O) groups excluding carboxylic acids is 3. The molecule has 0 bridgehead atoms. The molecular weight excluding hydrogens is 396 g/mol. The van der Waals surface area contributed by atoms with Crippen molar-refractivity contribution < 1.29 is 28.6 Å². The average Bonchev–Trinajstić information content (AvgIpc) is 2.82. The molecule has 0 unspecified atom stereocenters. The van der Waals surface area contributed by atoms with E-state index in [1.54, 1.807) is 42.5 Å². The molecule has 0 aromatic heterocycles. The van der Waals surface area contributed by atoms with Crippen molar-refractivity contribution in [1.29, 1.82) is 0 Å². The number of ether oxygens (including phenoxy) is 3. The maximum atomic E-state index is 12.7. The van der Waals surface area contributed by atoms with Crippen LogP contribution in [0.2, 0.25) is 0 Å². The Morgan fingerprint density at radius 1 is 0.742 bits per heavy atom. The monoisotopic (exact) mass is 416 g/mol. The first-order valence-corrected chi connectivity index (χ1v) is 9.49. The van der Waals surface area contributed by atoms with Gasteiger partial charge in [0.2, 0.25) is 0 Å². The molecule has 0 spiro atoms. The normalized spacial score (nSPS) is 10.1. The molecule has 0 aliphatic carbocycles. The van der Waals surface area contributed by atoms with E-state index >= 15 is 0 Å². The molecule has 6 nitrogen and oxygen atoms in total. The third-order valence-electron chi connectivity index (χ3n) is 4.19. The lowest BCUT2D eigenvalue weighted by atomic mass is 10.0. The molecule has 0 radical (unpaired) electrons. The van der Waals surface area contributed by atoms with E-state index in [0.29, 0.717) is 5.75 Å². The number of rotatable bonds is 8. The van der Waals surface area contributed by atoms with E-state index in [9.17, 15) is 14.4 Å². The molecular formula is C25H20O6. The van der Waals surface area contributed by atoms with Gasteiger partial charge in [0.1, 0.15) is 19.0 Å². The number of carbonyl (C=O) groups is 3. The zero-order chi connectivity index (χ0) is 22.1. The van der Waals surface area contributed by atoms with Gasteiger partial charge in [-0.2, -0.15) is 0 Å². The number of hydrogen-bond acceptors (Lipinski definition) is 6. The van der Waals surface area contributed by atoms with Gasteiger partial charge in [-0.15, -0.1) is 0 Å². The van der Waals surface area contributed by atoms with Crippen molar-refractivity contribution in [3.8, 4) is 5.75 Å². The molecule has 3 rings (SSSR count). The van der Waals surface area contributed by atoms with E-state index in [4.69, 9.17) is 14.2 Å². The van der Waals surface area contributed by atoms with Crippen molar-refractivity contribution in [1.82, 2.24) is 0 Å². The Labute approximate surface area is 179 Å². The van der Waals surface area contributed by atoms with Crippen LogP contribution < -0.4 is 4.74 Å². The lowest BCUT2D eigenvalue weighted by Crippen LogP contribution is -2.17. The first-order valence-electron chi connectivity index (χ1n) is 9.49. The number of para-hydroxylation sites is 1. The summed E-state index contributed by atoms with van der Waals surface area (Å²) in [4.78, 5) is 37.6. The third-order valence-corrected chi connectivity index (χ3v) is 4.19. The molecule has 0 atom stereocenters. The molecule has 0 N–H and O–H groups in total. The summed E-state index contributed by atoms with van der Waals surface area (Å²) in [5.74, 6) is -1.80. The van der Waals surface area contributed by atoms with Crippen LogP contribution in [0.1, 0.15) is 36.6 Å². The van der Waals surface area contributed by atoms with Gasteiger partial charge in [0, 0.05) is 0 Å². The number of benzene rings is 3. The minimum absolute atomic E-state index is 0.0134. The van der Waals surface area contributed by atoms with E-state index in [1.165, 1.54) is 24.3 Å². The lowest BCUT2D eigenvalue weighted by molar-refractivity contribution is 0.0450. The SMILES string of the molecule is C=CCOC(=O)c1ccc(C(=O)Oc2ccccc2)cc1C(=O)OCc1ccccc1. The summed E-state index contributed by atoms with van der Waals surface area (Å²) in [6.07, 6.45) is 1.41. The number of esters is 3. The van der Waals surface area contributed by atoms with Crippen LogP contribution in [0.3, 0.4) is 0 Å². The van der Waals surface area contributed by atoms with Gasteiger partial charge < -0.3 is 14.2 Å². The predicted molar refractivity (Wildman–Crippen MR) is 114 cm³/mol. The Bertz CT molecular complexity index is 1070. The Kier molecular flexibility index (Phi) is 7.32. The minimum Gasteiger partial charge on any atom is -0.458 e. The molecule has 3 aromatic rings. The van der Waals surface area contributed by atoms with E-state index in [1.807, 2.05) is 18.2 Å². The smallest absolute Gasteiger partial charge is 0.343 e. The second-order valence-electron chi connectivity index (χ2n) is 6.41. The van der Waals surface area contributed by atoms with Crippen molar-refractivity contribution in [2.24, 2.45) is 0 Å². The highest BCUT2D eigenvalue weighted by molar-refractivity contribution is 6.05. The second-order valence-corrected chi connectivity index (χ2v) is 6.41. The first kappa shape index (κ1) is 21.5. The van der Waals surface area contributed by atoms with Crippen LogP contribution in [0.4, 0.5) is 0 Å². The molecule has 156 valence electrons. The summed E-state index contributed by atoms with van der Waals surface area (Å²) >= 11 is 0. The van der Waals surface area contributed by atoms with Gasteiger partial charge in [-0.1, -0.05) is 61.2 Å². The van der Waals surface area contributed by atoms with Gasteiger partial charge in [-0.3, -0.25) is 0 Å². The number of hydrogen-bond donors (Lipinski definition) is 0. The van der Waals surface area contributed by atoms with Gasteiger partial charge in [0.15, 0.2) is 0 Å². The summed E-state index contributed by atoms with van der Waals surface area (Å²) in [7, 11) is 0. The highest BCUT2D eigenvalue weighted by Crippen LogP contribution is 2.18. The Balaban J connectivity index is 1.85. The molecule has 0 saturated heterocycles. The molecule has 31 heavy (non-hydrogen) atoms. The van der Waals surface area contributed by atoms with E-state index in [0.717, 1.165) is 5.56 Å². The molecule has 0 amide bonds. The van der Waals surface area contributed by atoms with Crippen LogP contribution in [0.5, 0.6) is 5.75 Å². The van der Waals surface area contributed by atoms with Gasteiger partial charge >= 0.3 is 17.9 Å². The molecule has 0 saturated carbocycles. The Morgan fingerprint density at radius 2 is 1.39 bits per heavy atom. The van der Waals surface area contributed by atoms with E-state index in [-0.39, 0.29) is 29.9 Å². The summed E-state index contributed by atoms with van der Waals surface area (Å²) in [5, 5.41) is 0. The predicted octanol–water partition coefficient (Wildman–Crippen LogP) is 4.61. The van der Waals surface area contributed by atoms with Crippen LogP contribution in [-0.2, 0) is 16.1 Å². The van der Waals surface area contributed by atoms with Crippen LogP contribution >= 0.6 is 0 Å². The maximum Gasteiger partial charge on any atom is 0.343 e. The van der Waals surface area contributed by atoms with Crippen molar-refractivity contribution in [2.75, 3.05) is 6.61 Å². The largest absolute Gasteiger partial charge is 0.458 e. The van der Waals surface area contributed by atoms with Gasteiger partial charge in [-0.25, -0.2) is 14.4 Å². The van der Waals surface area contributed by atoms with Crippen LogP contribution in [0.15, 0.2) is 91.5 Å². The van der Waals surface area contributed by atoms with Gasteiger partial charge in [0.25, 0.3) is 0 Å². The molecule has 3 aromatic carbocycles. The zero-order valence-corrected chi connectivity index (χ0v) is 16.7. The quantitative estimate of drug-likeness (QED) is 0.303.